The summed E-state index contributed by atoms with van der Waals surface area (Å²) in [4.78, 5) is 45.2. The topological polar surface area (TPSA) is 96.4 Å². The molecule has 0 aromatic rings. The summed E-state index contributed by atoms with van der Waals surface area (Å²) in [6.07, 6.45) is 7.72. The molecule has 7 atom stereocenters. The molecule has 3 fully saturated rings. The van der Waals surface area contributed by atoms with Gasteiger partial charge < -0.3 is 24.4 Å². The fourth-order valence-corrected chi connectivity index (χ4v) is 6.79. The van der Waals surface area contributed by atoms with E-state index in [1.807, 2.05) is 20.8 Å². The maximum atomic E-state index is 14.3. The highest BCUT2D eigenvalue weighted by Gasteiger charge is 2.79. The first-order valence-corrected chi connectivity index (χ1v) is 13.6. The molecule has 0 aromatic heterocycles. The molecule has 3 unspecified atom stereocenters. The maximum Gasteiger partial charge on any atom is 0.312 e. The third kappa shape index (κ3) is 4.40. The predicted octanol–water partition coefficient (Wildman–Crippen LogP) is 3.23. The monoisotopic (exact) mass is 504 g/mol. The molecule has 3 saturated heterocycles. The minimum Gasteiger partial charge on any atom is -0.465 e. The standard InChI is InChI=1S/C28H44N2O6/c1-7-12-17-35-26(34)22-21-24(32)30(20(10-4)18-31)23(28(21)15-14-27(22,11-5)36-28)25(33)29(16-9-3)19(6)13-8-2/h7,9,19-23,31H,1,3,8,10-18H2,2,4-6H3/t19?,20-,21-,22+,23?,27-,28?/m0/s1. The van der Waals surface area contributed by atoms with E-state index < -0.39 is 41.1 Å². The third-order valence-electron chi connectivity index (χ3n) is 8.60. The lowest BCUT2D eigenvalue weighted by molar-refractivity contribution is -0.164. The SMILES string of the molecule is C=CCCOC(=O)[C@H]1[C@H]2C(=O)N([C@@H](CC)CO)C(C(=O)N(CC=C)C(C)CCC)C23CC[C@]1(CC)O3. The number of carbonyl (C=O) groups is 3. The molecule has 3 heterocycles. The van der Waals surface area contributed by atoms with Crippen LogP contribution in [0.5, 0.6) is 0 Å². The second-order valence-corrected chi connectivity index (χ2v) is 10.5. The van der Waals surface area contributed by atoms with Crippen LogP contribution in [-0.4, -0.2) is 81.8 Å². The normalized spacial score (nSPS) is 32.2. The zero-order valence-corrected chi connectivity index (χ0v) is 22.4. The lowest BCUT2D eigenvalue weighted by atomic mass is 9.65. The Labute approximate surface area is 215 Å². The number of esters is 1. The van der Waals surface area contributed by atoms with Crippen molar-refractivity contribution >= 4 is 17.8 Å². The fourth-order valence-electron chi connectivity index (χ4n) is 6.79. The van der Waals surface area contributed by atoms with Gasteiger partial charge in [0.1, 0.15) is 17.6 Å². The number of hydrogen-bond donors (Lipinski definition) is 1. The lowest BCUT2D eigenvalue weighted by Gasteiger charge is -2.41. The van der Waals surface area contributed by atoms with Gasteiger partial charge in [-0.05, 0) is 45.4 Å². The summed E-state index contributed by atoms with van der Waals surface area (Å²) < 4.78 is 12.3. The van der Waals surface area contributed by atoms with Crippen molar-refractivity contribution in [2.45, 2.75) is 102 Å². The first-order chi connectivity index (χ1) is 17.2. The number of ether oxygens (including phenoxy) is 2. The highest BCUT2D eigenvalue weighted by atomic mass is 16.6. The molecule has 2 bridgehead atoms. The van der Waals surface area contributed by atoms with Crippen molar-refractivity contribution in [1.82, 2.24) is 9.80 Å². The van der Waals surface area contributed by atoms with Gasteiger partial charge in [0.05, 0.1) is 30.8 Å². The molecule has 3 aliphatic rings. The van der Waals surface area contributed by atoms with Crippen LogP contribution in [-0.2, 0) is 23.9 Å². The highest BCUT2D eigenvalue weighted by Crippen LogP contribution is 2.65. The van der Waals surface area contributed by atoms with Gasteiger partial charge in [0.2, 0.25) is 11.8 Å². The number of rotatable bonds is 14. The molecule has 0 aliphatic carbocycles. The molecule has 3 aliphatic heterocycles. The molecular formula is C28H44N2O6. The Hall–Kier alpha value is -2.19. The van der Waals surface area contributed by atoms with E-state index in [9.17, 15) is 19.5 Å². The molecule has 0 saturated carbocycles. The quantitative estimate of drug-likeness (QED) is 0.222. The van der Waals surface area contributed by atoms with Crippen LogP contribution in [0.4, 0.5) is 0 Å². The molecule has 0 radical (unpaired) electrons. The second-order valence-electron chi connectivity index (χ2n) is 10.5. The summed E-state index contributed by atoms with van der Waals surface area (Å²) in [7, 11) is 0. The Kier molecular flexibility index (Phi) is 9.04. The lowest BCUT2D eigenvalue weighted by Crippen LogP contribution is -2.60. The Morgan fingerprint density at radius 3 is 2.56 bits per heavy atom. The zero-order chi connectivity index (χ0) is 26.7. The van der Waals surface area contributed by atoms with Crippen molar-refractivity contribution in [3.63, 3.8) is 0 Å². The minimum absolute atomic E-state index is 0.0551. The molecule has 3 rings (SSSR count). The summed E-state index contributed by atoms with van der Waals surface area (Å²) in [6.45, 7) is 15.7. The van der Waals surface area contributed by atoms with Gasteiger partial charge >= 0.3 is 5.97 Å². The molecule has 1 spiro atoms. The van der Waals surface area contributed by atoms with Crippen LogP contribution in [0, 0.1) is 11.8 Å². The average molecular weight is 505 g/mol. The number of fused-ring (bicyclic) bond motifs is 1. The summed E-state index contributed by atoms with van der Waals surface area (Å²) in [5.41, 5.74) is -1.96. The number of carbonyl (C=O) groups excluding carboxylic acids is 3. The molecule has 8 heteroatoms. The third-order valence-corrected chi connectivity index (χ3v) is 8.60. The van der Waals surface area contributed by atoms with Crippen molar-refractivity contribution in [3.8, 4) is 0 Å². The first kappa shape index (κ1) is 28.4. The van der Waals surface area contributed by atoms with Gasteiger partial charge in [-0.2, -0.15) is 0 Å². The number of aliphatic hydroxyl groups is 1. The van der Waals surface area contributed by atoms with Gasteiger partial charge in [0.25, 0.3) is 0 Å². The van der Waals surface area contributed by atoms with Crippen LogP contribution in [0.25, 0.3) is 0 Å². The molecular weight excluding hydrogens is 460 g/mol. The van der Waals surface area contributed by atoms with Gasteiger partial charge in [-0.3, -0.25) is 14.4 Å². The van der Waals surface area contributed by atoms with Crippen molar-refractivity contribution in [1.29, 1.82) is 0 Å². The Balaban J connectivity index is 2.11. The van der Waals surface area contributed by atoms with Crippen LogP contribution < -0.4 is 0 Å². The second kappa shape index (κ2) is 11.5. The van der Waals surface area contributed by atoms with Gasteiger partial charge in [0, 0.05) is 12.6 Å². The van der Waals surface area contributed by atoms with E-state index in [4.69, 9.17) is 9.47 Å². The smallest absolute Gasteiger partial charge is 0.312 e. The van der Waals surface area contributed by atoms with Gasteiger partial charge in [-0.15, -0.1) is 13.2 Å². The molecule has 1 N–H and O–H groups in total. The van der Waals surface area contributed by atoms with Crippen molar-refractivity contribution in [3.05, 3.63) is 25.3 Å². The number of likely N-dealkylation sites (tertiary alicyclic amines) is 1. The Morgan fingerprint density at radius 1 is 1.28 bits per heavy atom. The van der Waals surface area contributed by atoms with Crippen LogP contribution in [0.15, 0.2) is 25.3 Å². The zero-order valence-electron chi connectivity index (χ0n) is 22.4. The van der Waals surface area contributed by atoms with Crippen molar-refractivity contribution < 1.29 is 29.0 Å². The largest absolute Gasteiger partial charge is 0.465 e. The number of hydrogen-bond acceptors (Lipinski definition) is 6. The minimum atomic E-state index is -1.12. The maximum absolute atomic E-state index is 14.3. The molecule has 202 valence electrons. The van der Waals surface area contributed by atoms with E-state index in [1.165, 1.54) is 4.90 Å². The van der Waals surface area contributed by atoms with E-state index in [0.717, 1.165) is 12.8 Å². The van der Waals surface area contributed by atoms with Crippen LogP contribution in [0.1, 0.15) is 72.6 Å². The van der Waals surface area contributed by atoms with E-state index in [0.29, 0.717) is 38.6 Å². The van der Waals surface area contributed by atoms with Crippen LogP contribution in [0.3, 0.4) is 0 Å². The van der Waals surface area contributed by atoms with E-state index >= 15 is 0 Å². The first-order valence-electron chi connectivity index (χ1n) is 13.6. The van der Waals surface area contributed by atoms with E-state index in [-0.39, 0.29) is 31.1 Å². The Morgan fingerprint density at radius 2 is 2.00 bits per heavy atom. The summed E-state index contributed by atoms with van der Waals surface area (Å²) in [5, 5.41) is 10.2. The molecule has 0 aromatic carbocycles. The fraction of sp³-hybridized carbons (Fsp3) is 0.750. The number of nitrogens with zero attached hydrogens (tertiary/aromatic N) is 2. The Bertz CT molecular complexity index is 857. The average Bonchev–Trinajstić information content (AvgIpc) is 3.47. The molecule has 2 amide bonds. The summed E-state index contributed by atoms with van der Waals surface area (Å²) >= 11 is 0. The highest BCUT2D eigenvalue weighted by molar-refractivity contribution is 5.98. The summed E-state index contributed by atoms with van der Waals surface area (Å²) in [5.74, 6) is -2.55. The van der Waals surface area contributed by atoms with Gasteiger partial charge in [-0.25, -0.2) is 0 Å². The molecule has 8 nitrogen and oxygen atoms in total. The van der Waals surface area contributed by atoms with E-state index in [1.54, 1.807) is 17.1 Å². The van der Waals surface area contributed by atoms with Crippen molar-refractivity contribution in [2.75, 3.05) is 19.8 Å². The van der Waals surface area contributed by atoms with Crippen LogP contribution in [0.2, 0.25) is 0 Å². The van der Waals surface area contributed by atoms with Crippen molar-refractivity contribution in [2.24, 2.45) is 11.8 Å². The number of amides is 2. The van der Waals surface area contributed by atoms with Gasteiger partial charge in [-0.1, -0.05) is 39.3 Å². The van der Waals surface area contributed by atoms with E-state index in [2.05, 4.69) is 20.1 Å². The van der Waals surface area contributed by atoms with Gasteiger partial charge in [0.15, 0.2) is 0 Å². The predicted molar refractivity (Wildman–Crippen MR) is 137 cm³/mol. The number of aliphatic hydroxyl groups excluding tert-OH is 1. The summed E-state index contributed by atoms with van der Waals surface area (Å²) in [6, 6.07) is -1.51. The van der Waals surface area contributed by atoms with Crippen LogP contribution >= 0.6 is 0 Å². The molecule has 36 heavy (non-hydrogen) atoms.